The summed E-state index contributed by atoms with van der Waals surface area (Å²) in [4.78, 5) is 18.6. The van der Waals surface area contributed by atoms with E-state index in [0.717, 1.165) is 55.9 Å². The number of pyridine rings is 1. The number of aromatic nitrogens is 1. The van der Waals surface area contributed by atoms with Crippen LogP contribution in [0.3, 0.4) is 0 Å². The summed E-state index contributed by atoms with van der Waals surface area (Å²) in [7, 11) is 2.04. The van der Waals surface area contributed by atoms with Gasteiger partial charge in [0.1, 0.15) is 17.5 Å². The number of guanidine groups is 1. The maximum absolute atomic E-state index is 14.5. The fourth-order valence-corrected chi connectivity index (χ4v) is 5.27. The van der Waals surface area contributed by atoms with E-state index in [9.17, 15) is 4.39 Å². The minimum absolute atomic E-state index is 0.120. The van der Waals surface area contributed by atoms with Crippen molar-refractivity contribution in [2.75, 3.05) is 57.9 Å². The molecule has 2 atom stereocenters. The van der Waals surface area contributed by atoms with Crippen LogP contribution < -0.4 is 4.90 Å². The second-order valence-electron chi connectivity index (χ2n) is 9.40. The van der Waals surface area contributed by atoms with E-state index in [1.54, 1.807) is 19.2 Å². The van der Waals surface area contributed by atoms with Gasteiger partial charge in [0.15, 0.2) is 0 Å². The number of nitrogens with zero attached hydrogens (tertiary/aromatic N) is 6. The van der Waals surface area contributed by atoms with Gasteiger partial charge in [0.2, 0.25) is 5.96 Å². The predicted octanol–water partition coefficient (Wildman–Crippen LogP) is 3.91. The Morgan fingerprint density at radius 3 is 2.60 bits per heavy atom. The lowest BCUT2D eigenvalue weighted by Crippen LogP contribution is -2.54. The van der Waals surface area contributed by atoms with E-state index < -0.39 is 0 Å². The number of aryl methyl sites for hydroxylation is 1. The van der Waals surface area contributed by atoms with E-state index in [0.29, 0.717) is 23.8 Å². The third-order valence-corrected chi connectivity index (χ3v) is 7.34. The molecule has 0 spiro atoms. The second kappa shape index (κ2) is 10.0. The average molecular weight is 499 g/mol. The molecule has 2 fully saturated rings. The number of aliphatic imine (C=N–C) groups is 1. The van der Waals surface area contributed by atoms with Gasteiger partial charge in [-0.25, -0.2) is 9.37 Å². The summed E-state index contributed by atoms with van der Waals surface area (Å²) in [5, 5.41) is 0.667. The minimum atomic E-state index is -0.185. The van der Waals surface area contributed by atoms with Crippen LogP contribution in [-0.2, 0) is 4.74 Å². The Morgan fingerprint density at radius 2 is 1.89 bits per heavy atom. The van der Waals surface area contributed by atoms with Crippen molar-refractivity contribution in [3.8, 4) is 0 Å². The lowest BCUT2D eigenvalue weighted by molar-refractivity contribution is 0.0614. The van der Waals surface area contributed by atoms with Crippen LogP contribution in [0, 0.1) is 12.7 Å². The van der Waals surface area contributed by atoms with Crippen molar-refractivity contribution in [3.63, 3.8) is 0 Å². The third kappa shape index (κ3) is 4.82. The van der Waals surface area contributed by atoms with Crippen molar-refractivity contribution >= 4 is 23.4 Å². The first-order valence-electron chi connectivity index (χ1n) is 12.2. The van der Waals surface area contributed by atoms with E-state index in [1.165, 1.54) is 0 Å². The smallest absolute Gasteiger partial charge is 0.203 e. The molecule has 0 amide bonds. The van der Waals surface area contributed by atoms with Gasteiger partial charge in [-0.1, -0.05) is 23.7 Å². The molecule has 4 heterocycles. The van der Waals surface area contributed by atoms with Gasteiger partial charge in [-0.05, 0) is 49.2 Å². The Bertz CT molecular complexity index is 1130. The van der Waals surface area contributed by atoms with Gasteiger partial charge >= 0.3 is 0 Å². The van der Waals surface area contributed by atoms with E-state index >= 15 is 0 Å². The molecule has 3 aliphatic heterocycles. The first-order valence-corrected chi connectivity index (χ1v) is 12.5. The normalized spacial score (nSPS) is 23.3. The van der Waals surface area contributed by atoms with Gasteiger partial charge < -0.3 is 24.3 Å². The number of rotatable bonds is 3. The van der Waals surface area contributed by atoms with Crippen LogP contribution in [0.1, 0.15) is 24.1 Å². The van der Waals surface area contributed by atoms with Gasteiger partial charge in [0.05, 0.1) is 24.3 Å². The highest BCUT2D eigenvalue weighted by atomic mass is 35.5. The number of hydrogen-bond donors (Lipinski definition) is 0. The van der Waals surface area contributed by atoms with E-state index in [1.807, 2.05) is 31.3 Å². The third-order valence-electron chi connectivity index (χ3n) is 7.05. The summed E-state index contributed by atoms with van der Waals surface area (Å²) < 4.78 is 20.1. The van der Waals surface area contributed by atoms with Crippen molar-refractivity contribution in [2.24, 2.45) is 4.99 Å². The summed E-state index contributed by atoms with van der Waals surface area (Å²) in [6.45, 7) is 9.29. The zero-order valence-corrected chi connectivity index (χ0v) is 21.2. The maximum Gasteiger partial charge on any atom is 0.203 e. The lowest BCUT2D eigenvalue weighted by Gasteiger charge is -2.45. The molecule has 1 unspecified atom stereocenters. The fraction of sp³-hybridized carbons (Fsp3) is 0.462. The predicted molar refractivity (Wildman–Crippen MR) is 137 cm³/mol. The summed E-state index contributed by atoms with van der Waals surface area (Å²) >= 11 is 6.42. The van der Waals surface area contributed by atoms with Crippen LogP contribution in [0.4, 0.5) is 10.2 Å². The van der Waals surface area contributed by atoms with E-state index in [2.05, 4.69) is 37.6 Å². The summed E-state index contributed by atoms with van der Waals surface area (Å²) in [6, 6.07) is 9.32. The lowest BCUT2D eigenvalue weighted by atomic mass is 10.0. The highest BCUT2D eigenvalue weighted by Gasteiger charge is 2.33. The van der Waals surface area contributed by atoms with Crippen LogP contribution in [0.5, 0.6) is 0 Å². The molecule has 0 N–H and O–H groups in total. The molecule has 186 valence electrons. The molecule has 1 aromatic carbocycles. The number of ether oxygens (including phenoxy) is 1. The molecule has 0 aliphatic carbocycles. The quantitative estimate of drug-likeness (QED) is 0.639. The summed E-state index contributed by atoms with van der Waals surface area (Å²) in [5.41, 5.74) is 1.57. The summed E-state index contributed by atoms with van der Waals surface area (Å²) in [6.07, 6.45) is 3.94. The SMILES string of the molecule is Cc1ccc(C2C=C(N3CCN(c4ncccc4Cl)C[C@H]3C)N=C(N3CCOCC3)N2C)cc1F. The molecule has 9 heteroatoms. The highest BCUT2D eigenvalue weighted by Crippen LogP contribution is 2.33. The highest BCUT2D eigenvalue weighted by molar-refractivity contribution is 6.32. The molecule has 3 aliphatic rings. The van der Waals surface area contributed by atoms with Crippen LogP contribution in [0.2, 0.25) is 5.02 Å². The molecule has 35 heavy (non-hydrogen) atoms. The Labute approximate surface area is 211 Å². The van der Waals surface area contributed by atoms with Crippen molar-refractivity contribution < 1.29 is 9.13 Å². The molecular weight excluding hydrogens is 467 g/mol. The Balaban J connectivity index is 1.45. The van der Waals surface area contributed by atoms with Crippen LogP contribution in [0.15, 0.2) is 53.4 Å². The number of halogens is 2. The zero-order valence-electron chi connectivity index (χ0n) is 20.5. The zero-order chi connectivity index (χ0) is 24.5. The Morgan fingerprint density at radius 1 is 1.09 bits per heavy atom. The molecule has 5 rings (SSSR count). The molecule has 2 aromatic rings. The molecule has 2 saturated heterocycles. The van der Waals surface area contributed by atoms with Crippen LogP contribution in [0.25, 0.3) is 0 Å². The largest absolute Gasteiger partial charge is 0.378 e. The van der Waals surface area contributed by atoms with Crippen LogP contribution >= 0.6 is 11.6 Å². The maximum atomic E-state index is 14.5. The molecule has 1 aromatic heterocycles. The number of anilines is 1. The molecular formula is C26H32ClFN6O. The minimum Gasteiger partial charge on any atom is -0.378 e. The molecule has 0 radical (unpaired) electrons. The van der Waals surface area contributed by atoms with Gasteiger partial charge in [0, 0.05) is 52.0 Å². The molecule has 0 bridgehead atoms. The van der Waals surface area contributed by atoms with Crippen molar-refractivity contribution in [3.05, 3.63) is 70.4 Å². The first kappa shape index (κ1) is 23.9. The monoisotopic (exact) mass is 498 g/mol. The van der Waals surface area contributed by atoms with Gasteiger partial charge in [-0.3, -0.25) is 0 Å². The average Bonchev–Trinajstić information content (AvgIpc) is 2.87. The standard InChI is InChI=1S/C26H32ClFN6O/c1-18-6-7-20(15-22(18)28)23-16-24(30-26(31(23)3)32-11-13-35-14-12-32)34-10-9-33(17-19(34)2)25-21(27)5-4-8-29-25/h4-8,15-16,19,23H,9-14,17H2,1-3H3/t19-,23?/m1/s1. The second-order valence-corrected chi connectivity index (χ2v) is 9.80. The van der Waals surface area contributed by atoms with Crippen molar-refractivity contribution in [1.29, 1.82) is 0 Å². The number of morpholine rings is 1. The number of hydrogen-bond acceptors (Lipinski definition) is 7. The van der Waals surface area contributed by atoms with Gasteiger partial charge in [-0.2, -0.15) is 4.99 Å². The van der Waals surface area contributed by atoms with Gasteiger partial charge in [0.25, 0.3) is 0 Å². The Kier molecular flexibility index (Phi) is 6.84. The topological polar surface area (TPSA) is 47.4 Å². The molecule has 7 nitrogen and oxygen atoms in total. The van der Waals surface area contributed by atoms with Crippen molar-refractivity contribution in [2.45, 2.75) is 25.9 Å². The van der Waals surface area contributed by atoms with Gasteiger partial charge in [-0.15, -0.1) is 0 Å². The number of likely N-dealkylation sites (N-methyl/N-ethyl adjacent to an activating group) is 1. The van der Waals surface area contributed by atoms with Crippen LogP contribution in [-0.4, -0.2) is 84.7 Å². The van der Waals surface area contributed by atoms with E-state index in [4.69, 9.17) is 21.3 Å². The Hall–Kier alpha value is -2.84. The van der Waals surface area contributed by atoms with Crippen molar-refractivity contribution in [1.82, 2.24) is 19.7 Å². The summed E-state index contributed by atoms with van der Waals surface area (Å²) in [5.74, 6) is 2.47. The fourth-order valence-electron chi connectivity index (χ4n) is 5.03. The molecule has 0 saturated carbocycles. The number of piperazine rings is 1. The first-order chi connectivity index (χ1) is 16.9. The number of benzene rings is 1. The van der Waals surface area contributed by atoms with E-state index in [-0.39, 0.29) is 17.9 Å².